The van der Waals surface area contributed by atoms with Gasteiger partial charge in [0.05, 0.1) is 22.6 Å². The fourth-order valence-corrected chi connectivity index (χ4v) is 4.14. The van der Waals surface area contributed by atoms with Crippen LogP contribution in [0.15, 0.2) is 97.1 Å². The largest absolute Gasteiger partial charge is 0.495 e. The second kappa shape index (κ2) is 8.29. The van der Waals surface area contributed by atoms with Crippen LogP contribution in [0, 0.1) is 0 Å². The molecular formula is C29H28BNO2. The molecule has 0 radical (unpaired) electrons. The SMILES string of the molecule is CC1(C)OB(c2ccccc2-c2cc(-c3ccccc3)nc(-c3ccccc3)c2)OC1(C)C. The van der Waals surface area contributed by atoms with E-state index in [1.54, 1.807) is 0 Å². The first-order valence-corrected chi connectivity index (χ1v) is 11.4. The van der Waals surface area contributed by atoms with Crippen molar-refractivity contribution >= 4 is 12.6 Å². The second-order valence-electron chi connectivity index (χ2n) is 9.53. The van der Waals surface area contributed by atoms with Gasteiger partial charge in [0.25, 0.3) is 0 Å². The van der Waals surface area contributed by atoms with Gasteiger partial charge in [-0.25, -0.2) is 4.98 Å². The van der Waals surface area contributed by atoms with Crippen molar-refractivity contribution in [3.8, 4) is 33.6 Å². The van der Waals surface area contributed by atoms with Crippen LogP contribution >= 0.6 is 0 Å². The third kappa shape index (κ3) is 4.12. The van der Waals surface area contributed by atoms with Gasteiger partial charge in [-0.15, -0.1) is 0 Å². The zero-order chi connectivity index (χ0) is 23.1. The van der Waals surface area contributed by atoms with Crippen molar-refractivity contribution in [2.45, 2.75) is 38.9 Å². The summed E-state index contributed by atoms with van der Waals surface area (Å²) in [5.74, 6) is 0. The highest BCUT2D eigenvalue weighted by Crippen LogP contribution is 2.38. The summed E-state index contributed by atoms with van der Waals surface area (Å²) in [5.41, 5.74) is 6.47. The number of hydrogen-bond donors (Lipinski definition) is 0. The van der Waals surface area contributed by atoms with E-state index in [4.69, 9.17) is 14.3 Å². The first-order valence-electron chi connectivity index (χ1n) is 11.4. The van der Waals surface area contributed by atoms with E-state index in [0.717, 1.165) is 39.1 Å². The Bertz CT molecular complexity index is 1200. The third-order valence-electron chi connectivity index (χ3n) is 6.74. The average molecular weight is 433 g/mol. The van der Waals surface area contributed by atoms with Gasteiger partial charge in [-0.2, -0.15) is 0 Å². The highest BCUT2D eigenvalue weighted by atomic mass is 16.7. The van der Waals surface area contributed by atoms with Gasteiger partial charge in [0.2, 0.25) is 0 Å². The first kappa shape index (κ1) is 21.6. The first-order chi connectivity index (χ1) is 15.8. The molecule has 4 aromatic rings. The van der Waals surface area contributed by atoms with Gasteiger partial charge >= 0.3 is 7.12 Å². The normalized spacial score (nSPS) is 16.7. The molecule has 2 heterocycles. The summed E-state index contributed by atoms with van der Waals surface area (Å²) in [7, 11) is -0.431. The lowest BCUT2D eigenvalue weighted by atomic mass is 9.74. The Morgan fingerprint density at radius 1 is 0.576 bits per heavy atom. The average Bonchev–Trinajstić information content (AvgIpc) is 3.06. The Kier molecular flexibility index (Phi) is 5.44. The van der Waals surface area contributed by atoms with Crippen molar-refractivity contribution in [2.75, 3.05) is 0 Å². The maximum Gasteiger partial charge on any atom is 0.495 e. The lowest BCUT2D eigenvalue weighted by Crippen LogP contribution is -2.41. The van der Waals surface area contributed by atoms with E-state index in [1.807, 2.05) is 42.5 Å². The van der Waals surface area contributed by atoms with Crippen molar-refractivity contribution in [3.63, 3.8) is 0 Å². The Morgan fingerprint density at radius 3 is 1.55 bits per heavy atom. The summed E-state index contributed by atoms with van der Waals surface area (Å²) >= 11 is 0. The molecule has 0 bridgehead atoms. The van der Waals surface area contributed by atoms with E-state index in [-0.39, 0.29) is 0 Å². The molecule has 0 spiro atoms. The summed E-state index contributed by atoms with van der Waals surface area (Å²) in [6, 6.07) is 33.3. The molecule has 0 amide bonds. The van der Waals surface area contributed by atoms with E-state index >= 15 is 0 Å². The number of aromatic nitrogens is 1. The molecule has 1 aliphatic heterocycles. The molecule has 1 aromatic heterocycles. The predicted octanol–water partition coefficient (Wildman–Crippen LogP) is 6.38. The van der Waals surface area contributed by atoms with E-state index in [0.29, 0.717) is 0 Å². The van der Waals surface area contributed by atoms with Crippen LogP contribution < -0.4 is 5.46 Å². The summed E-state index contributed by atoms with van der Waals surface area (Å²) < 4.78 is 12.8. The van der Waals surface area contributed by atoms with Gasteiger partial charge in [-0.3, -0.25) is 0 Å². The number of nitrogens with zero attached hydrogens (tertiary/aromatic N) is 1. The van der Waals surface area contributed by atoms with Crippen LogP contribution in [0.25, 0.3) is 33.6 Å². The van der Waals surface area contributed by atoms with E-state index in [9.17, 15) is 0 Å². The molecule has 1 aliphatic rings. The lowest BCUT2D eigenvalue weighted by Gasteiger charge is -2.32. The molecule has 0 unspecified atom stereocenters. The van der Waals surface area contributed by atoms with Crippen LogP contribution in [0.5, 0.6) is 0 Å². The summed E-state index contributed by atoms with van der Waals surface area (Å²) in [4.78, 5) is 5.01. The maximum absolute atomic E-state index is 6.40. The second-order valence-corrected chi connectivity index (χ2v) is 9.53. The lowest BCUT2D eigenvalue weighted by molar-refractivity contribution is 0.00578. The van der Waals surface area contributed by atoms with E-state index in [1.165, 1.54) is 0 Å². The summed E-state index contributed by atoms with van der Waals surface area (Å²) in [6.45, 7) is 8.35. The topological polar surface area (TPSA) is 31.4 Å². The highest BCUT2D eigenvalue weighted by molar-refractivity contribution is 6.63. The minimum absolute atomic E-state index is 0.395. The van der Waals surface area contributed by atoms with Crippen molar-refractivity contribution in [3.05, 3.63) is 97.1 Å². The standard InChI is InChI=1S/C29H28BNO2/c1-28(2)29(3,4)33-30(32-28)25-18-12-11-17-24(25)23-19-26(21-13-7-5-8-14-21)31-27(20-23)22-15-9-6-10-16-22/h5-20H,1-4H3. The molecular weight excluding hydrogens is 405 g/mol. The van der Waals surface area contributed by atoms with Gasteiger partial charge in [0.1, 0.15) is 0 Å². The fourth-order valence-electron chi connectivity index (χ4n) is 4.14. The molecule has 0 N–H and O–H groups in total. The highest BCUT2D eigenvalue weighted by Gasteiger charge is 2.52. The minimum atomic E-state index is -0.431. The number of benzene rings is 3. The van der Waals surface area contributed by atoms with E-state index < -0.39 is 18.3 Å². The van der Waals surface area contributed by atoms with Crippen molar-refractivity contribution in [1.29, 1.82) is 0 Å². The monoisotopic (exact) mass is 433 g/mol. The maximum atomic E-state index is 6.40. The predicted molar refractivity (Wildman–Crippen MR) is 136 cm³/mol. The number of hydrogen-bond acceptors (Lipinski definition) is 3. The molecule has 1 fully saturated rings. The zero-order valence-electron chi connectivity index (χ0n) is 19.6. The third-order valence-corrected chi connectivity index (χ3v) is 6.74. The Hall–Kier alpha value is -3.21. The molecule has 33 heavy (non-hydrogen) atoms. The van der Waals surface area contributed by atoms with Crippen molar-refractivity contribution in [1.82, 2.24) is 4.98 Å². The van der Waals surface area contributed by atoms with E-state index in [2.05, 4.69) is 82.3 Å². The van der Waals surface area contributed by atoms with Gasteiger partial charge in [0, 0.05) is 11.1 Å². The molecule has 0 atom stereocenters. The molecule has 0 aliphatic carbocycles. The molecule has 4 heteroatoms. The van der Waals surface area contributed by atoms with Crippen LogP contribution in [0.1, 0.15) is 27.7 Å². The molecule has 3 aromatic carbocycles. The smallest absolute Gasteiger partial charge is 0.399 e. The van der Waals surface area contributed by atoms with Crippen LogP contribution in [-0.4, -0.2) is 23.3 Å². The van der Waals surface area contributed by atoms with Crippen LogP contribution in [0.2, 0.25) is 0 Å². The Labute approximate surface area is 196 Å². The van der Waals surface area contributed by atoms with Gasteiger partial charge in [-0.1, -0.05) is 84.9 Å². The summed E-state index contributed by atoms with van der Waals surface area (Å²) in [5, 5.41) is 0. The zero-order valence-corrected chi connectivity index (χ0v) is 19.6. The molecule has 5 rings (SSSR count). The van der Waals surface area contributed by atoms with Crippen molar-refractivity contribution in [2.24, 2.45) is 0 Å². The van der Waals surface area contributed by atoms with Gasteiger partial charge in [0.15, 0.2) is 0 Å². The summed E-state index contributed by atoms with van der Waals surface area (Å²) in [6.07, 6.45) is 0. The molecule has 3 nitrogen and oxygen atoms in total. The number of pyridine rings is 1. The van der Waals surface area contributed by atoms with Crippen LogP contribution in [0.3, 0.4) is 0 Å². The fraction of sp³-hybridized carbons (Fsp3) is 0.207. The molecule has 1 saturated heterocycles. The van der Waals surface area contributed by atoms with Gasteiger partial charge < -0.3 is 9.31 Å². The molecule has 0 saturated carbocycles. The Morgan fingerprint density at radius 2 is 1.03 bits per heavy atom. The van der Waals surface area contributed by atoms with Crippen LogP contribution in [0.4, 0.5) is 0 Å². The Balaban J connectivity index is 1.66. The van der Waals surface area contributed by atoms with Crippen LogP contribution in [-0.2, 0) is 9.31 Å². The number of rotatable bonds is 4. The quantitative estimate of drug-likeness (QED) is 0.350. The van der Waals surface area contributed by atoms with Gasteiger partial charge in [-0.05, 0) is 56.4 Å². The van der Waals surface area contributed by atoms with Crippen molar-refractivity contribution < 1.29 is 9.31 Å². The minimum Gasteiger partial charge on any atom is -0.399 e. The molecule has 164 valence electrons.